The molecule has 0 radical (unpaired) electrons. The molecule has 5 amide bonds. The highest BCUT2D eigenvalue weighted by Crippen LogP contribution is 2.33. The van der Waals surface area contributed by atoms with Gasteiger partial charge in [0.1, 0.15) is 0 Å². The third-order valence-electron chi connectivity index (χ3n) is 15.9. The van der Waals surface area contributed by atoms with E-state index in [4.69, 9.17) is 0 Å². The lowest BCUT2D eigenvalue weighted by atomic mass is 9.82. The molecule has 0 aromatic rings. The van der Waals surface area contributed by atoms with Crippen molar-refractivity contribution in [3.63, 3.8) is 0 Å². The normalized spacial score (nSPS) is 29.8. The summed E-state index contributed by atoms with van der Waals surface area (Å²) in [6.07, 6.45) is 25.9. The van der Waals surface area contributed by atoms with Crippen molar-refractivity contribution in [2.24, 2.45) is 65.1 Å². The van der Waals surface area contributed by atoms with E-state index in [0.29, 0.717) is 59.3 Å². The Bertz CT molecular complexity index is 1340. The monoisotopic (exact) mass is 914 g/mol. The zero-order valence-electron chi connectivity index (χ0n) is 44.5. The van der Waals surface area contributed by atoms with E-state index in [1.165, 1.54) is 77.0 Å². The van der Waals surface area contributed by atoms with Crippen LogP contribution in [0, 0.1) is 65.1 Å². The molecule has 0 aliphatic heterocycles. The van der Waals surface area contributed by atoms with E-state index >= 15 is 0 Å². The Labute approximate surface area is 400 Å². The lowest BCUT2D eigenvalue weighted by Gasteiger charge is -2.30. The minimum atomic E-state index is 0.268. The molecule has 6 aliphatic carbocycles. The molecule has 10 nitrogen and oxygen atoms in total. The van der Waals surface area contributed by atoms with Gasteiger partial charge in [0.05, 0.1) is 0 Å². The Balaban J connectivity index is 0.000000280. The molecular weight excluding hydrogens is 811 g/mol. The summed E-state index contributed by atoms with van der Waals surface area (Å²) in [6, 6.07) is 0.335. The van der Waals surface area contributed by atoms with Gasteiger partial charge in [-0.3, -0.25) is 24.0 Å². The second kappa shape index (κ2) is 31.4. The SMILES string of the molecule is CC1CCC(C(=O)N(C)C(C)C)CC1.CC1CCC(C(=O)N(C)C)CC1.CC1CCC(C(=O)NCC2CC2)CC1.CCN(C)C(=O)C1CCC(C)CC1.CCNC(=O)C1CCC(C)CC1. The summed E-state index contributed by atoms with van der Waals surface area (Å²) in [5.41, 5.74) is 0. The van der Waals surface area contributed by atoms with Crippen LogP contribution in [-0.2, 0) is 24.0 Å². The summed E-state index contributed by atoms with van der Waals surface area (Å²) < 4.78 is 0. The van der Waals surface area contributed by atoms with E-state index in [2.05, 4.69) is 59.1 Å². The Morgan fingerprint density at radius 2 is 0.738 bits per heavy atom. The zero-order valence-corrected chi connectivity index (χ0v) is 44.5. The molecular formula is C55H103N5O5. The molecule has 0 unspecified atom stereocenters. The fraction of sp³-hybridized carbons (Fsp3) is 0.909. The molecule has 10 heteroatoms. The van der Waals surface area contributed by atoms with Crippen LogP contribution >= 0.6 is 0 Å². The van der Waals surface area contributed by atoms with Gasteiger partial charge in [-0.2, -0.15) is 0 Å². The Morgan fingerprint density at radius 3 is 1.03 bits per heavy atom. The molecule has 0 aromatic heterocycles. The smallest absolute Gasteiger partial charge is 0.225 e. The van der Waals surface area contributed by atoms with Crippen LogP contribution in [0.2, 0.25) is 0 Å². The number of carbonyl (C=O) groups is 5. The van der Waals surface area contributed by atoms with Crippen molar-refractivity contribution in [1.82, 2.24) is 25.3 Å². The van der Waals surface area contributed by atoms with Crippen LogP contribution in [0.5, 0.6) is 0 Å². The first-order valence-electron chi connectivity index (χ1n) is 27.1. The molecule has 0 atom stereocenters. The molecule has 6 fully saturated rings. The molecule has 6 aliphatic rings. The second-order valence-corrected chi connectivity index (χ2v) is 22.5. The van der Waals surface area contributed by atoms with E-state index in [1.807, 2.05) is 51.8 Å². The molecule has 0 spiro atoms. The first-order chi connectivity index (χ1) is 30.8. The second-order valence-electron chi connectivity index (χ2n) is 22.5. The van der Waals surface area contributed by atoms with E-state index in [0.717, 1.165) is 119 Å². The maximum absolute atomic E-state index is 12.0. The largest absolute Gasteiger partial charge is 0.356 e. The summed E-state index contributed by atoms with van der Waals surface area (Å²) in [5, 5.41) is 5.98. The van der Waals surface area contributed by atoms with Crippen molar-refractivity contribution >= 4 is 29.5 Å². The highest BCUT2D eigenvalue weighted by molar-refractivity contribution is 5.80. The average molecular weight is 914 g/mol. The summed E-state index contributed by atoms with van der Waals surface area (Å²) >= 11 is 0. The molecule has 6 saturated carbocycles. The first-order valence-corrected chi connectivity index (χ1v) is 27.1. The van der Waals surface area contributed by atoms with Crippen LogP contribution < -0.4 is 10.6 Å². The number of nitrogens with one attached hydrogen (secondary N) is 2. The van der Waals surface area contributed by atoms with Gasteiger partial charge < -0.3 is 25.3 Å². The van der Waals surface area contributed by atoms with E-state index in [1.54, 1.807) is 4.90 Å². The summed E-state index contributed by atoms with van der Waals surface area (Å²) in [7, 11) is 7.52. The quantitative estimate of drug-likeness (QED) is 0.226. The molecule has 6 rings (SSSR count). The van der Waals surface area contributed by atoms with Gasteiger partial charge in [-0.25, -0.2) is 0 Å². The van der Waals surface area contributed by atoms with Gasteiger partial charge >= 0.3 is 0 Å². The number of hydrogen-bond acceptors (Lipinski definition) is 5. The lowest BCUT2D eigenvalue weighted by molar-refractivity contribution is -0.137. The van der Waals surface area contributed by atoms with E-state index in [9.17, 15) is 24.0 Å². The fourth-order valence-electron chi connectivity index (χ4n) is 9.97. The summed E-state index contributed by atoms with van der Waals surface area (Å²) in [6.45, 7) is 22.1. The van der Waals surface area contributed by atoms with Crippen molar-refractivity contribution in [3.8, 4) is 0 Å². The standard InChI is InChI=1S/C12H21NO.C12H23NO.C11H21NO.2C10H19NO/c1-9-2-6-11(7-3-9)12(14)13-8-10-4-5-10;1-9(2)13(4)12(14)11-7-5-10(3)6-8-11;1-4-12(3)11(13)10-7-5-9(2)6-8-10;1-8-4-6-9(7-5-8)10(12)11(2)3;1-3-11-10(12)9-6-4-8(2)5-7-9/h9-11H,2-8H2,1H3,(H,13,14);9-11H,5-8H2,1-4H3;9-10H,4-8H2,1-3H3;8-9H,4-7H2,1-3H3;8-9H,3-7H2,1-2H3,(H,11,12). The van der Waals surface area contributed by atoms with Crippen LogP contribution in [0.1, 0.15) is 204 Å². The van der Waals surface area contributed by atoms with Gasteiger partial charge in [-0.15, -0.1) is 0 Å². The Hall–Kier alpha value is -2.65. The van der Waals surface area contributed by atoms with Crippen LogP contribution in [0.4, 0.5) is 0 Å². The van der Waals surface area contributed by atoms with E-state index in [-0.39, 0.29) is 5.91 Å². The predicted octanol–water partition coefficient (Wildman–Crippen LogP) is 11.2. The maximum Gasteiger partial charge on any atom is 0.225 e. The van der Waals surface area contributed by atoms with Gasteiger partial charge in [-0.1, -0.05) is 34.6 Å². The Kier molecular flexibility index (Phi) is 28.3. The van der Waals surface area contributed by atoms with Crippen molar-refractivity contribution < 1.29 is 24.0 Å². The van der Waals surface area contributed by atoms with Crippen LogP contribution in [-0.4, -0.2) is 98.1 Å². The van der Waals surface area contributed by atoms with Gasteiger partial charge in [0.25, 0.3) is 0 Å². The van der Waals surface area contributed by atoms with E-state index < -0.39 is 0 Å². The van der Waals surface area contributed by atoms with Gasteiger partial charge in [0, 0.05) is 83.5 Å². The maximum atomic E-state index is 12.0. The fourth-order valence-corrected chi connectivity index (χ4v) is 9.97. The molecule has 0 aromatic carbocycles. The van der Waals surface area contributed by atoms with Gasteiger partial charge in [0.15, 0.2) is 0 Å². The first kappa shape index (κ1) is 58.5. The molecule has 2 N–H and O–H groups in total. The third-order valence-corrected chi connectivity index (χ3v) is 15.9. The summed E-state index contributed by atoms with van der Waals surface area (Å²) in [4.78, 5) is 63.8. The Morgan fingerprint density at radius 1 is 0.431 bits per heavy atom. The van der Waals surface area contributed by atoms with Crippen molar-refractivity contribution in [1.29, 1.82) is 0 Å². The zero-order chi connectivity index (χ0) is 48.6. The average Bonchev–Trinajstić information content (AvgIpc) is 4.14. The highest BCUT2D eigenvalue weighted by Gasteiger charge is 2.30. The third kappa shape index (κ3) is 23.3. The molecule has 65 heavy (non-hydrogen) atoms. The van der Waals surface area contributed by atoms with Crippen molar-refractivity contribution in [3.05, 3.63) is 0 Å². The number of hydrogen-bond donors (Lipinski definition) is 2. The van der Waals surface area contributed by atoms with Gasteiger partial charge in [-0.05, 0) is 204 Å². The molecule has 0 bridgehead atoms. The van der Waals surface area contributed by atoms with Crippen LogP contribution in [0.15, 0.2) is 0 Å². The summed E-state index contributed by atoms with van der Waals surface area (Å²) in [5.74, 6) is 8.15. The number of rotatable bonds is 10. The minimum Gasteiger partial charge on any atom is -0.356 e. The molecule has 0 saturated heterocycles. The molecule has 378 valence electrons. The van der Waals surface area contributed by atoms with Crippen LogP contribution in [0.25, 0.3) is 0 Å². The van der Waals surface area contributed by atoms with Crippen molar-refractivity contribution in [2.45, 2.75) is 210 Å². The topological polar surface area (TPSA) is 119 Å². The predicted molar refractivity (Wildman–Crippen MR) is 270 cm³/mol. The minimum absolute atomic E-state index is 0.268. The number of amides is 5. The van der Waals surface area contributed by atoms with Crippen molar-refractivity contribution in [2.75, 3.05) is 47.8 Å². The number of carbonyl (C=O) groups excluding carboxylic acids is 5. The van der Waals surface area contributed by atoms with Crippen LogP contribution in [0.3, 0.4) is 0 Å². The van der Waals surface area contributed by atoms with Gasteiger partial charge in [0.2, 0.25) is 29.5 Å². The highest BCUT2D eigenvalue weighted by atomic mass is 16.2. The lowest BCUT2D eigenvalue weighted by Crippen LogP contribution is -2.38. The number of nitrogens with zero attached hydrogens (tertiary/aromatic N) is 3. The molecule has 0 heterocycles.